The van der Waals surface area contributed by atoms with Gasteiger partial charge in [0.2, 0.25) is 0 Å². The van der Waals surface area contributed by atoms with Crippen molar-refractivity contribution in [3.8, 4) is 5.75 Å². The predicted octanol–water partition coefficient (Wildman–Crippen LogP) is 2.91. The molecule has 0 saturated carbocycles. The van der Waals surface area contributed by atoms with Crippen molar-refractivity contribution in [1.82, 2.24) is 5.32 Å². The van der Waals surface area contributed by atoms with Crippen molar-refractivity contribution in [2.24, 2.45) is 5.92 Å². The molecule has 0 spiro atoms. The standard InChI is InChI=1S/C16H26N2O/c1-3-10-17-12-14-9-11-18(13-14)15-5-7-16(8-6-15)19-4-2/h5-8,14,17H,3-4,9-13H2,1-2H3. The number of nitrogens with one attached hydrogen (secondary N) is 1. The summed E-state index contributed by atoms with van der Waals surface area (Å²) in [6.07, 6.45) is 2.51. The number of hydrogen-bond acceptors (Lipinski definition) is 3. The Morgan fingerprint density at radius 2 is 2.05 bits per heavy atom. The lowest BCUT2D eigenvalue weighted by Gasteiger charge is -2.19. The minimum atomic E-state index is 0.730. The number of hydrogen-bond donors (Lipinski definition) is 1. The maximum atomic E-state index is 5.48. The van der Waals surface area contributed by atoms with Crippen LogP contribution in [0, 0.1) is 5.92 Å². The second-order valence-corrected chi connectivity index (χ2v) is 5.23. The molecular weight excluding hydrogens is 236 g/mol. The van der Waals surface area contributed by atoms with E-state index >= 15 is 0 Å². The van der Waals surface area contributed by atoms with E-state index in [9.17, 15) is 0 Å². The third kappa shape index (κ3) is 4.13. The Balaban J connectivity index is 1.82. The molecule has 0 radical (unpaired) electrons. The van der Waals surface area contributed by atoms with Gasteiger partial charge in [-0.15, -0.1) is 0 Å². The van der Waals surface area contributed by atoms with E-state index in [1.165, 1.54) is 31.6 Å². The predicted molar refractivity (Wildman–Crippen MR) is 81.1 cm³/mol. The van der Waals surface area contributed by atoms with E-state index in [4.69, 9.17) is 4.74 Å². The maximum absolute atomic E-state index is 5.48. The molecule has 106 valence electrons. The molecule has 1 unspecified atom stereocenters. The minimum Gasteiger partial charge on any atom is -0.494 e. The molecular formula is C16H26N2O. The molecule has 0 amide bonds. The number of rotatable bonds is 7. The third-order valence-electron chi connectivity index (χ3n) is 3.66. The quantitative estimate of drug-likeness (QED) is 0.765. The summed E-state index contributed by atoms with van der Waals surface area (Å²) in [6, 6.07) is 8.49. The molecule has 1 fully saturated rings. The molecule has 1 heterocycles. The first-order chi connectivity index (χ1) is 9.33. The van der Waals surface area contributed by atoms with Crippen LogP contribution in [0.5, 0.6) is 5.75 Å². The van der Waals surface area contributed by atoms with Crippen LogP contribution in [0.2, 0.25) is 0 Å². The van der Waals surface area contributed by atoms with E-state index in [-0.39, 0.29) is 0 Å². The highest BCUT2D eigenvalue weighted by Gasteiger charge is 2.22. The van der Waals surface area contributed by atoms with Gasteiger partial charge in [-0.1, -0.05) is 6.92 Å². The molecule has 0 bridgehead atoms. The van der Waals surface area contributed by atoms with Gasteiger partial charge in [0.1, 0.15) is 5.75 Å². The molecule has 3 heteroatoms. The van der Waals surface area contributed by atoms with Crippen LogP contribution in [-0.2, 0) is 0 Å². The molecule has 2 rings (SSSR count). The van der Waals surface area contributed by atoms with Gasteiger partial charge in [-0.2, -0.15) is 0 Å². The highest BCUT2D eigenvalue weighted by molar-refractivity contribution is 5.49. The first-order valence-corrected chi connectivity index (χ1v) is 7.52. The minimum absolute atomic E-state index is 0.730. The van der Waals surface area contributed by atoms with E-state index in [1.54, 1.807) is 0 Å². The van der Waals surface area contributed by atoms with Gasteiger partial charge in [0.25, 0.3) is 0 Å². The molecule has 1 aromatic rings. The van der Waals surface area contributed by atoms with Gasteiger partial charge in [-0.05, 0) is 63.0 Å². The SMILES string of the molecule is CCCNCC1CCN(c2ccc(OCC)cc2)C1. The van der Waals surface area contributed by atoms with Crippen molar-refractivity contribution in [2.75, 3.05) is 37.7 Å². The molecule has 1 N–H and O–H groups in total. The Hall–Kier alpha value is -1.22. The van der Waals surface area contributed by atoms with Crippen LogP contribution in [0.15, 0.2) is 24.3 Å². The van der Waals surface area contributed by atoms with E-state index in [0.29, 0.717) is 0 Å². The van der Waals surface area contributed by atoms with Crippen LogP contribution >= 0.6 is 0 Å². The fourth-order valence-corrected chi connectivity index (χ4v) is 2.64. The first kappa shape index (κ1) is 14.2. The van der Waals surface area contributed by atoms with Crippen LogP contribution < -0.4 is 15.0 Å². The van der Waals surface area contributed by atoms with Gasteiger partial charge < -0.3 is 15.0 Å². The van der Waals surface area contributed by atoms with Crippen LogP contribution in [0.3, 0.4) is 0 Å². The van der Waals surface area contributed by atoms with Crippen LogP contribution in [-0.4, -0.2) is 32.8 Å². The number of anilines is 1. The van der Waals surface area contributed by atoms with Crippen molar-refractivity contribution in [3.05, 3.63) is 24.3 Å². The van der Waals surface area contributed by atoms with Crippen molar-refractivity contribution in [2.45, 2.75) is 26.7 Å². The molecule has 0 aromatic heterocycles. The van der Waals surface area contributed by atoms with E-state index in [1.807, 2.05) is 6.92 Å². The normalized spacial score (nSPS) is 18.8. The topological polar surface area (TPSA) is 24.5 Å². The number of nitrogens with zero attached hydrogens (tertiary/aromatic N) is 1. The van der Waals surface area contributed by atoms with E-state index in [2.05, 4.69) is 41.4 Å². The van der Waals surface area contributed by atoms with Crippen LogP contribution in [0.25, 0.3) is 0 Å². The van der Waals surface area contributed by atoms with Gasteiger partial charge in [0.05, 0.1) is 6.61 Å². The van der Waals surface area contributed by atoms with Crippen molar-refractivity contribution in [3.63, 3.8) is 0 Å². The Kier molecular flexibility index (Phi) is 5.52. The fourth-order valence-electron chi connectivity index (χ4n) is 2.64. The average molecular weight is 262 g/mol. The fraction of sp³-hybridized carbons (Fsp3) is 0.625. The zero-order chi connectivity index (χ0) is 13.5. The van der Waals surface area contributed by atoms with Crippen molar-refractivity contribution < 1.29 is 4.74 Å². The van der Waals surface area contributed by atoms with Crippen molar-refractivity contribution in [1.29, 1.82) is 0 Å². The van der Waals surface area contributed by atoms with Crippen molar-refractivity contribution >= 4 is 5.69 Å². The van der Waals surface area contributed by atoms with Gasteiger partial charge in [-0.25, -0.2) is 0 Å². The smallest absolute Gasteiger partial charge is 0.119 e. The van der Waals surface area contributed by atoms with Gasteiger partial charge in [0, 0.05) is 18.8 Å². The van der Waals surface area contributed by atoms with E-state index in [0.717, 1.165) is 31.4 Å². The Bertz CT molecular complexity index is 364. The Labute approximate surface area is 116 Å². The van der Waals surface area contributed by atoms with Gasteiger partial charge in [0.15, 0.2) is 0 Å². The third-order valence-corrected chi connectivity index (χ3v) is 3.66. The molecule has 1 aromatic carbocycles. The summed E-state index contributed by atoms with van der Waals surface area (Å²) >= 11 is 0. The molecule has 0 aliphatic carbocycles. The lowest BCUT2D eigenvalue weighted by Crippen LogP contribution is -2.26. The molecule has 3 nitrogen and oxygen atoms in total. The van der Waals surface area contributed by atoms with Gasteiger partial charge in [-0.3, -0.25) is 0 Å². The number of benzene rings is 1. The summed E-state index contributed by atoms with van der Waals surface area (Å²) < 4.78 is 5.48. The summed E-state index contributed by atoms with van der Waals surface area (Å²) in [5, 5.41) is 3.53. The summed E-state index contributed by atoms with van der Waals surface area (Å²) in [7, 11) is 0. The lowest BCUT2D eigenvalue weighted by molar-refractivity contribution is 0.340. The molecule has 1 atom stereocenters. The molecule has 19 heavy (non-hydrogen) atoms. The first-order valence-electron chi connectivity index (χ1n) is 7.52. The largest absolute Gasteiger partial charge is 0.494 e. The van der Waals surface area contributed by atoms with Gasteiger partial charge >= 0.3 is 0 Å². The summed E-state index contributed by atoms with van der Waals surface area (Å²) in [4.78, 5) is 2.48. The van der Waals surface area contributed by atoms with E-state index < -0.39 is 0 Å². The maximum Gasteiger partial charge on any atom is 0.119 e. The number of ether oxygens (including phenoxy) is 1. The zero-order valence-electron chi connectivity index (χ0n) is 12.2. The molecule has 1 aliphatic heterocycles. The highest BCUT2D eigenvalue weighted by Crippen LogP contribution is 2.25. The van der Waals surface area contributed by atoms with Crippen LogP contribution in [0.4, 0.5) is 5.69 Å². The summed E-state index contributed by atoms with van der Waals surface area (Å²) in [6.45, 7) is 9.60. The summed E-state index contributed by atoms with van der Waals surface area (Å²) in [5.41, 5.74) is 1.32. The second-order valence-electron chi connectivity index (χ2n) is 5.23. The highest BCUT2D eigenvalue weighted by atomic mass is 16.5. The zero-order valence-corrected chi connectivity index (χ0v) is 12.2. The Morgan fingerprint density at radius 1 is 1.26 bits per heavy atom. The Morgan fingerprint density at radius 3 is 2.74 bits per heavy atom. The van der Waals surface area contributed by atoms with Crippen LogP contribution in [0.1, 0.15) is 26.7 Å². The molecule has 1 aliphatic rings. The molecule has 1 saturated heterocycles. The average Bonchev–Trinajstić information content (AvgIpc) is 2.89. The lowest BCUT2D eigenvalue weighted by atomic mass is 10.1. The summed E-state index contributed by atoms with van der Waals surface area (Å²) in [5.74, 6) is 1.75. The second kappa shape index (κ2) is 7.39. The monoisotopic (exact) mass is 262 g/mol.